The number of ether oxygens (including phenoxy) is 4. The molecule has 5 rings (SSSR count). The van der Waals surface area contributed by atoms with Crippen LogP contribution < -0.4 is 0 Å². The number of hydrogen-bond acceptors (Lipinski definition) is 4. The molecule has 2 saturated carbocycles. The molecule has 0 amide bonds. The van der Waals surface area contributed by atoms with Crippen molar-refractivity contribution in [1.29, 1.82) is 0 Å². The van der Waals surface area contributed by atoms with Crippen molar-refractivity contribution in [3.8, 4) is 0 Å². The Morgan fingerprint density at radius 3 is 1.87 bits per heavy atom. The molecule has 0 radical (unpaired) electrons. The van der Waals surface area contributed by atoms with Crippen LogP contribution in [0.4, 0.5) is 0 Å². The third kappa shape index (κ3) is 6.51. The highest BCUT2D eigenvalue weighted by Crippen LogP contribution is 2.44. The lowest BCUT2D eigenvalue weighted by Gasteiger charge is -2.42. The fourth-order valence-corrected chi connectivity index (χ4v) is 7.54. The summed E-state index contributed by atoms with van der Waals surface area (Å²) >= 11 is 0. The highest BCUT2D eigenvalue weighted by atomic mass is 16.7. The Hall–Kier alpha value is -0.940. The van der Waals surface area contributed by atoms with E-state index in [2.05, 4.69) is 53.7 Å². The molecule has 6 atom stereocenters. The molecule has 1 aromatic rings. The highest BCUT2D eigenvalue weighted by molar-refractivity contribution is 5.40. The Balaban J connectivity index is 1.05. The van der Waals surface area contributed by atoms with Crippen LogP contribution in [-0.4, -0.2) is 31.7 Å². The Kier molecular flexibility index (Phi) is 9.56. The normalized spacial score (nSPS) is 40.7. The van der Waals surface area contributed by atoms with Gasteiger partial charge < -0.3 is 18.9 Å². The first-order valence-corrected chi connectivity index (χ1v) is 15.9. The van der Waals surface area contributed by atoms with Crippen LogP contribution in [0.3, 0.4) is 0 Å². The van der Waals surface area contributed by atoms with Crippen LogP contribution >= 0.6 is 0 Å². The van der Waals surface area contributed by atoms with E-state index in [1.165, 1.54) is 86.5 Å². The van der Waals surface area contributed by atoms with Gasteiger partial charge in [-0.3, -0.25) is 0 Å². The third-order valence-electron chi connectivity index (χ3n) is 11.1. The molecule has 2 aliphatic carbocycles. The molecule has 38 heavy (non-hydrogen) atoms. The van der Waals surface area contributed by atoms with Crippen LogP contribution in [0, 0.1) is 49.4 Å². The Morgan fingerprint density at radius 1 is 0.658 bits per heavy atom. The summed E-state index contributed by atoms with van der Waals surface area (Å²) in [5, 5.41) is 0. The van der Waals surface area contributed by atoms with Gasteiger partial charge in [-0.15, -0.1) is 0 Å². The van der Waals surface area contributed by atoms with E-state index in [1.807, 2.05) is 0 Å². The van der Waals surface area contributed by atoms with E-state index >= 15 is 0 Å². The molecular formula is C34H54O4. The standard InChI is InChI=1S/C34H54O4/c1-21-19-35-33(37-25(21)5)31-15-13-30(14-16-31)29-11-8-27(9-12-29)7-10-28-17-18-32(24(4)23(28)3)34-36-20-22(2)26(6)38-34/h17-18,21-22,25-27,29-31,33-34H,7-16,19-20H2,1-6H3. The molecular weight excluding hydrogens is 472 g/mol. The lowest BCUT2D eigenvalue weighted by atomic mass is 9.68. The van der Waals surface area contributed by atoms with Crippen molar-refractivity contribution in [2.45, 2.75) is 131 Å². The average molecular weight is 527 g/mol. The minimum atomic E-state index is -0.214. The third-order valence-corrected chi connectivity index (χ3v) is 11.1. The molecule has 0 N–H and O–H groups in total. The van der Waals surface area contributed by atoms with Gasteiger partial charge in [0.25, 0.3) is 0 Å². The zero-order valence-electron chi connectivity index (χ0n) is 25.0. The molecule has 4 aliphatic rings. The molecule has 4 nitrogen and oxygen atoms in total. The van der Waals surface area contributed by atoms with Crippen molar-refractivity contribution in [1.82, 2.24) is 0 Å². The smallest absolute Gasteiger partial charge is 0.184 e. The lowest BCUT2D eigenvalue weighted by molar-refractivity contribution is -0.254. The maximum Gasteiger partial charge on any atom is 0.184 e. The Labute approximate surface area is 232 Å². The van der Waals surface area contributed by atoms with E-state index in [1.54, 1.807) is 0 Å². The fraction of sp³-hybridized carbons (Fsp3) is 0.824. The van der Waals surface area contributed by atoms with E-state index in [0.29, 0.717) is 23.9 Å². The monoisotopic (exact) mass is 526 g/mol. The molecule has 0 aromatic heterocycles. The van der Waals surface area contributed by atoms with Gasteiger partial charge in [0.15, 0.2) is 12.6 Å². The fourth-order valence-electron chi connectivity index (χ4n) is 7.54. The van der Waals surface area contributed by atoms with Crippen molar-refractivity contribution >= 4 is 0 Å². The molecule has 214 valence electrons. The maximum absolute atomic E-state index is 6.22. The lowest BCUT2D eigenvalue weighted by Crippen LogP contribution is -2.42. The van der Waals surface area contributed by atoms with Gasteiger partial charge in [-0.25, -0.2) is 0 Å². The second-order valence-corrected chi connectivity index (χ2v) is 13.6. The Bertz CT molecular complexity index is 898. The molecule has 2 saturated heterocycles. The molecule has 1 aromatic carbocycles. The van der Waals surface area contributed by atoms with E-state index in [0.717, 1.165) is 31.0 Å². The number of benzene rings is 1. The number of aryl methyl sites for hydroxylation is 1. The first-order chi connectivity index (χ1) is 18.3. The summed E-state index contributed by atoms with van der Waals surface area (Å²) in [5.74, 6) is 4.35. The molecule has 4 heteroatoms. The van der Waals surface area contributed by atoms with E-state index in [9.17, 15) is 0 Å². The van der Waals surface area contributed by atoms with Crippen LogP contribution in [0.15, 0.2) is 12.1 Å². The van der Waals surface area contributed by atoms with Gasteiger partial charge in [0.1, 0.15) is 0 Å². The zero-order valence-corrected chi connectivity index (χ0v) is 25.0. The second kappa shape index (κ2) is 12.7. The minimum Gasteiger partial charge on any atom is -0.352 e. The predicted molar refractivity (Wildman–Crippen MR) is 153 cm³/mol. The van der Waals surface area contributed by atoms with Crippen molar-refractivity contribution in [3.63, 3.8) is 0 Å². The molecule has 4 fully saturated rings. The summed E-state index contributed by atoms with van der Waals surface area (Å²) in [6, 6.07) is 4.61. The first-order valence-electron chi connectivity index (χ1n) is 15.9. The highest BCUT2D eigenvalue weighted by Gasteiger charge is 2.37. The largest absolute Gasteiger partial charge is 0.352 e. The van der Waals surface area contributed by atoms with Gasteiger partial charge in [0.05, 0.1) is 25.4 Å². The summed E-state index contributed by atoms with van der Waals surface area (Å²) in [6.45, 7) is 15.0. The SMILES string of the molecule is Cc1c(CCC2CCC(C3CCC(C4OCC(C)C(C)O4)CC3)CC2)ccc(C2OCC(C)C(C)O2)c1C. The Morgan fingerprint density at radius 2 is 1.24 bits per heavy atom. The molecule has 2 aliphatic heterocycles. The van der Waals surface area contributed by atoms with E-state index in [4.69, 9.17) is 18.9 Å². The van der Waals surface area contributed by atoms with Crippen LogP contribution in [0.5, 0.6) is 0 Å². The molecule has 0 spiro atoms. The molecule has 2 heterocycles. The summed E-state index contributed by atoms with van der Waals surface area (Å²) in [7, 11) is 0. The van der Waals surface area contributed by atoms with Gasteiger partial charge in [0.2, 0.25) is 0 Å². The summed E-state index contributed by atoms with van der Waals surface area (Å²) in [6.07, 6.45) is 14.0. The predicted octanol–water partition coefficient (Wildman–Crippen LogP) is 8.32. The van der Waals surface area contributed by atoms with Gasteiger partial charge >= 0.3 is 0 Å². The van der Waals surface area contributed by atoms with Crippen molar-refractivity contribution in [3.05, 3.63) is 34.4 Å². The summed E-state index contributed by atoms with van der Waals surface area (Å²) in [5.41, 5.74) is 5.51. The topological polar surface area (TPSA) is 36.9 Å². The van der Waals surface area contributed by atoms with Crippen LogP contribution in [0.1, 0.15) is 114 Å². The number of hydrogen-bond donors (Lipinski definition) is 0. The van der Waals surface area contributed by atoms with Crippen molar-refractivity contribution < 1.29 is 18.9 Å². The maximum atomic E-state index is 6.22. The summed E-state index contributed by atoms with van der Waals surface area (Å²) < 4.78 is 24.5. The van der Waals surface area contributed by atoms with Crippen LogP contribution in [0.25, 0.3) is 0 Å². The van der Waals surface area contributed by atoms with E-state index in [-0.39, 0.29) is 18.7 Å². The summed E-state index contributed by atoms with van der Waals surface area (Å²) in [4.78, 5) is 0. The van der Waals surface area contributed by atoms with Crippen LogP contribution in [-0.2, 0) is 25.4 Å². The van der Waals surface area contributed by atoms with Crippen molar-refractivity contribution in [2.75, 3.05) is 13.2 Å². The zero-order chi connectivity index (χ0) is 26.8. The second-order valence-electron chi connectivity index (χ2n) is 13.6. The molecule has 6 unspecified atom stereocenters. The van der Waals surface area contributed by atoms with E-state index < -0.39 is 0 Å². The quantitative estimate of drug-likeness (QED) is 0.373. The molecule has 0 bridgehead atoms. The van der Waals surface area contributed by atoms with Gasteiger partial charge in [-0.2, -0.15) is 0 Å². The average Bonchev–Trinajstić information content (AvgIpc) is 2.93. The van der Waals surface area contributed by atoms with Gasteiger partial charge in [-0.05, 0) is 114 Å². The van der Waals surface area contributed by atoms with Crippen molar-refractivity contribution in [2.24, 2.45) is 35.5 Å². The van der Waals surface area contributed by atoms with Gasteiger partial charge in [-0.1, -0.05) is 38.8 Å². The van der Waals surface area contributed by atoms with Gasteiger partial charge in [0, 0.05) is 23.3 Å². The minimum absolute atomic E-state index is 0.0500. The van der Waals surface area contributed by atoms with Crippen LogP contribution in [0.2, 0.25) is 0 Å². The first kappa shape index (κ1) is 28.6. The number of rotatable bonds is 6.